The molecule has 0 spiro atoms. The van der Waals surface area contributed by atoms with Crippen LogP contribution in [0.1, 0.15) is 22.3 Å². The summed E-state index contributed by atoms with van der Waals surface area (Å²) in [7, 11) is 0. The van der Waals surface area contributed by atoms with E-state index in [-0.39, 0.29) is 0 Å². The molecule has 4 aromatic rings. The van der Waals surface area contributed by atoms with Crippen molar-refractivity contribution in [2.45, 2.75) is 5.41 Å². The van der Waals surface area contributed by atoms with Gasteiger partial charge in [0.2, 0.25) is 0 Å². The predicted molar refractivity (Wildman–Crippen MR) is 104 cm³/mol. The van der Waals surface area contributed by atoms with Gasteiger partial charge in [-0.05, 0) is 45.5 Å². The van der Waals surface area contributed by atoms with Gasteiger partial charge in [-0.15, -0.1) is 0 Å². The van der Waals surface area contributed by atoms with Gasteiger partial charge in [0.15, 0.2) is 17.5 Å². The van der Waals surface area contributed by atoms with Crippen molar-refractivity contribution in [3.8, 4) is 11.1 Å². The van der Waals surface area contributed by atoms with E-state index in [1.54, 1.807) is 0 Å². The summed E-state index contributed by atoms with van der Waals surface area (Å²) in [4.78, 5) is 0. The number of benzene rings is 4. The van der Waals surface area contributed by atoms with Crippen molar-refractivity contribution in [2.24, 2.45) is 0 Å². The average Bonchev–Trinajstić information content (AvgIpc) is 3.04. The van der Waals surface area contributed by atoms with Crippen LogP contribution in [0.25, 0.3) is 11.1 Å². The van der Waals surface area contributed by atoms with Gasteiger partial charge in [-0.1, -0.05) is 78.9 Å². The van der Waals surface area contributed by atoms with Gasteiger partial charge in [0, 0.05) is 0 Å². The lowest BCUT2D eigenvalue weighted by Gasteiger charge is -2.33. The lowest BCUT2D eigenvalue weighted by atomic mass is 9.67. The Labute approximate surface area is 160 Å². The van der Waals surface area contributed by atoms with Crippen molar-refractivity contribution >= 4 is 0 Å². The van der Waals surface area contributed by atoms with Gasteiger partial charge in [0.1, 0.15) is 0 Å². The normalized spacial score (nSPS) is 13.8. The van der Waals surface area contributed by atoms with Crippen LogP contribution >= 0.6 is 0 Å². The van der Waals surface area contributed by atoms with Crippen molar-refractivity contribution in [2.75, 3.05) is 0 Å². The van der Waals surface area contributed by atoms with E-state index in [9.17, 15) is 13.2 Å². The Balaban J connectivity index is 1.98. The highest BCUT2D eigenvalue weighted by molar-refractivity contribution is 5.86. The second-order valence-electron chi connectivity index (χ2n) is 6.96. The molecule has 0 heterocycles. The highest BCUT2D eigenvalue weighted by atomic mass is 19.2. The fraction of sp³-hybridized carbons (Fsp3) is 0.0400. The molecule has 0 radical (unpaired) electrons. The number of hydrogen-bond acceptors (Lipinski definition) is 0. The lowest BCUT2D eigenvalue weighted by molar-refractivity contribution is 0.443. The maximum atomic E-state index is 14.3. The maximum Gasteiger partial charge on any atom is 0.194 e. The third-order valence-corrected chi connectivity index (χ3v) is 5.58. The van der Waals surface area contributed by atoms with Crippen LogP contribution in [-0.2, 0) is 5.41 Å². The summed E-state index contributed by atoms with van der Waals surface area (Å²) in [6.07, 6.45) is 0. The van der Waals surface area contributed by atoms with Gasteiger partial charge in [-0.25, -0.2) is 13.2 Å². The average molecular weight is 372 g/mol. The van der Waals surface area contributed by atoms with Crippen molar-refractivity contribution in [3.05, 3.63) is 131 Å². The lowest BCUT2D eigenvalue weighted by Crippen LogP contribution is -2.29. The van der Waals surface area contributed by atoms with Gasteiger partial charge in [-0.3, -0.25) is 0 Å². The molecular formula is C25H15F3. The van der Waals surface area contributed by atoms with Crippen LogP contribution in [0.15, 0.2) is 91.0 Å². The predicted octanol–water partition coefficient (Wildman–Crippen LogP) is 6.47. The van der Waals surface area contributed by atoms with E-state index in [2.05, 4.69) is 0 Å². The fourth-order valence-corrected chi connectivity index (χ4v) is 4.48. The molecule has 0 saturated carbocycles. The van der Waals surface area contributed by atoms with Crippen LogP contribution in [0, 0.1) is 17.5 Å². The standard InChI is InChI=1S/C25H15F3/c26-22-14-17(15-23(27)24(22)28)25(16-8-2-1-3-9-16)20-12-6-4-10-18(20)19-11-5-7-13-21(19)25/h1-15H. The van der Waals surface area contributed by atoms with Gasteiger partial charge in [0.05, 0.1) is 5.41 Å². The van der Waals surface area contributed by atoms with E-state index < -0.39 is 22.9 Å². The first kappa shape index (κ1) is 16.8. The van der Waals surface area contributed by atoms with Crippen molar-refractivity contribution in [1.82, 2.24) is 0 Å². The first-order valence-corrected chi connectivity index (χ1v) is 9.04. The molecule has 1 aliphatic carbocycles. The van der Waals surface area contributed by atoms with Crippen LogP contribution in [0.4, 0.5) is 13.2 Å². The van der Waals surface area contributed by atoms with E-state index in [1.807, 2.05) is 78.9 Å². The second kappa shape index (κ2) is 6.10. The Hall–Kier alpha value is -3.33. The minimum Gasteiger partial charge on any atom is -0.204 e. The molecule has 0 amide bonds. The van der Waals surface area contributed by atoms with E-state index in [1.165, 1.54) is 0 Å². The molecule has 0 bridgehead atoms. The molecule has 28 heavy (non-hydrogen) atoms. The molecule has 0 fully saturated rings. The van der Waals surface area contributed by atoms with Crippen molar-refractivity contribution < 1.29 is 13.2 Å². The van der Waals surface area contributed by atoms with E-state index >= 15 is 0 Å². The fourth-order valence-electron chi connectivity index (χ4n) is 4.48. The summed E-state index contributed by atoms with van der Waals surface area (Å²) in [6, 6.07) is 27.5. The molecule has 0 unspecified atom stereocenters. The molecule has 5 rings (SSSR count). The summed E-state index contributed by atoms with van der Waals surface area (Å²) < 4.78 is 42.4. The first-order valence-electron chi connectivity index (χ1n) is 9.04. The molecule has 136 valence electrons. The number of hydrogen-bond donors (Lipinski definition) is 0. The molecule has 4 aromatic carbocycles. The zero-order valence-electron chi connectivity index (χ0n) is 14.8. The van der Waals surface area contributed by atoms with Gasteiger partial charge in [-0.2, -0.15) is 0 Å². The van der Waals surface area contributed by atoms with Gasteiger partial charge >= 0.3 is 0 Å². The Kier molecular flexibility index (Phi) is 3.66. The smallest absolute Gasteiger partial charge is 0.194 e. The molecule has 3 heteroatoms. The third-order valence-electron chi connectivity index (χ3n) is 5.58. The number of halogens is 3. The van der Waals surface area contributed by atoms with Crippen molar-refractivity contribution in [1.29, 1.82) is 0 Å². The minimum absolute atomic E-state index is 0.368. The van der Waals surface area contributed by atoms with Crippen LogP contribution in [-0.4, -0.2) is 0 Å². The van der Waals surface area contributed by atoms with E-state index in [4.69, 9.17) is 0 Å². The highest BCUT2D eigenvalue weighted by Crippen LogP contribution is 2.56. The summed E-state index contributed by atoms with van der Waals surface area (Å²) in [5.74, 6) is -3.83. The molecule has 1 aliphatic rings. The summed E-state index contributed by atoms with van der Waals surface area (Å²) in [6.45, 7) is 0. The van der Waals surface area contributed by atoms with Crippen LogP contribution in [0.5, 0.6) is 0 Å². The Morgan fingerprint density at radius 1 is 0.500 bits per heavy atom. The van der Waals surface area contributed by atoms with Crippen LogP contribution in [0.2, 0.25) is 0 Å². The Bertz CT molecular complexity index is 1130. The summed E-state index contributed by atoms with van der Waals surface area (Å²) in [5.41, 5.74) is 4.18. The van der Waals surface area contributed by atoms with Crippen LogP contribution < -0.4 is 0 Å². The molecule has 0 nitrogen and oxygen atoms in total. The second-order valence-corrected chi connectivity index (χ2v) is 6.96. The minimum atomic E-state index is -1.45. The molecule has 0 N–H and O–H groups in total. The SMILES string of the molecule is Fc1cc(C2(c3ccccc3)c3ccccc3-c3ccccc32)cc(F)c1F. The molecule has 0 aromatic heterocycles. The molecule has 0 saturated heterocycles. The zero-order chi connectivity index (χ0) is 19.3. The Morgan fingerprint density at radius 2 is 0.964 bits per heavy atom. The largest absolute Gasteiger partial charge is 0.204 e. The van der Waals surface area contributed by atoms with Crippen molar-refractivity contribution in [3.63, 3.8) is 0 Å². The number of rotatable bonds is 2. The van der Waals surface area contributed by atoms with Gasteiger partial charge < -0.3 is 0 Å². The van der Waals surface area contributed by atoms with Gasteiger partial charge in [0.25, 0.3) is 0 Å². The highest BCUT2D eigenvalue weighted by Gasteiger charge is 2.46. The quantitative estimate of drug-likeness (QED) is 0.312. The number of fused-ring (bicyclic) bond motifs is 3. The zero-order valence-corrected chi connectivity index (χ0v) is 14.8. The topological polar surface area (TPSA) is 0 Å². The maximum absolute atomic E-state index is 14.3. The van der Waals surface area contributed by atoms with E-state index in [0.717, 1.165) is 39.9 Å². The molecular weight excluding hydrogens is 357 g/mol. The monoisotopic (exact) mass is 372 g/mol. The van der Waals surface area contributed by atoms with Crippen LogP contribution in [0.3, 0.4) is 0 Å². The summed E-state index contributed by atoms with van der Waals surface area (Å²) >= 11 is 0. The van der Waals surface area contributed by atoms with E-state index in [0.29, 0.717) is 5.56 Å². The Morgan fingerprint density at radius 3 is 1.50 bits per heavy atom. The molecule has 0 atom stereocenters. The third kappa shape index (κ3) is 2.13. The first-order chi connectivity index (χ1) is 13.6. The summed E-state index contributed by atoms with van der Waals surface area (Å²) in [5, 5.41) is 0. The molecule has 0 aliphatic heterocycles.